The van der Waals surface area contributed by atoms with Crippen molar-refractivity contribution >= 4 is 38.2 Å². The van der Waals surface area contributed by atoms with Crippen LogP contribution in [0, 0.1) is 0 Å². The number of rotatable bonds is 3. The van der Waals surface area contributed by atoms with Crippen LogP contribution in [0.15, 0.2) is 59.2 Å². The van der Waals surface area contributed by atoms with Crippen molar-refractivity contribution in [1.29, 1.82) is 0 Å². The monoisotopic (exact) mass is 341 g/mol. The molecule has 3 aromatic rings. The smallest absolute Gasteiger partial charge is 0.0745 e. The van der Waals surface area contributed by atoms with E-state index in [0.717, 1.165) is 27.6 Å². The highest BCUT2D eigenvalue weighted by molar-refractivity contribution is 9.10. The number of hydrogen-bond acceptors (Lipinski definition) is 3. The number of benzene rings is 2. The summed E-state index contributed by atoms with van der Waals surface area (Å²) in [6, 6.07) is 16.4. The van der Waals surface area contributed by atoms with E-state index >= 15 is 0 Å². The van der Waals surface area contributed by atoms with Gasteiger partial charge in [0.2, 0.25) is 0 Å². The topological polar surface area (TPSA) is 42.1 Å². The van der Waals surface area contributed by atoms with Crippen molar-refractivity contribution in [3.63, 3.8) is 0 Å². The van der Waals surface area contributed by atoms with Gasteiger partial charge in [0.1, 0.15) is 0 Å². The molecular formula is C17H16BrN3. The fourth-order valence-corrected chi connectivity index (χ4v) is 2.78. The second kappa shape index (κ2) is 5.74. The van der Waals surface area contributed by atoms with Crippen molar-refractivity contribution in [2.45, 2.75) is 6.54 Å². The molecule has 3 rings (SSSR count). The quantitative estimate of drug-likeness (QED) is 0.775. The number of para-hydroxylation sites is 1. The Bertz CT molecular complexity index is 769. The average Bonchev–Trinajstić information content (AvgIpc) is 2.49. The van der Waals surface area contributed by atoms with Crippen LogP contribution >= 0.6 is 15.9 Å². The molecule has 1 aromatic heterocycles. The minimum absolute atomic E-state index is 0.702. The van der Waals surface area contributed by atoms with Gasteiger partial charge in [-0.25, -0.2) is 0 Å². The maximum Gasteiger partial charge on any atom is 0.0745 e. The maximum atomic E-state index is 6.15. The first-order chi connectivity index (χ1) is 10.1. The molecule has 0 fully saturated rings. The molecule has 3 nitrogen and oxygen atoms in total. The Kier molecular flexibility index (Phi) is 3.80. The Labute approximate surface area is 132 Å². The first-order valence-electron chi connectivity index (χ1n) is 6.74. The first-order valence-corrected chi connectivity index (χ1v) is 7.53. The third-order valence-corrected chi connectivity index (χ3v) is 4.02. The Morgan fingerprint density at radius 2 is 1.81 bits per heavy atom. The number of nitrogen functional groups attached to an aromatic ring is 1. The lowest BCUT2D eigenvalue weighted by Gasteiger charge is -2.23. The highest BCUT2D eigenvalue weighted by atomic mass is 79.9. The number of nitrogens with zero attached hydrogens (tertiary/aromatic N) is 2. The molecule has 0 unspecified atom stereocenters. The zero-order valence-electron chi connectivity index (χ0n) is 11.8. The van der Waals surface area contributed by atoms with Gasteiger partial charge in [0, 0.05) is 23.5 Å². The molecule has 0 spiro atoms. The second-order valence-corrected chi connectivity index (χ2v) is 5.98. The van der Waals surface area contributed by atoms with Gasteiger partial charge in [-0.05, 0) is 23.8 Å². The van der Waals surface area contributed by atoms with Gasteiger partial charge in [0.25, 0.3) is 0 Å². The summed E-state index contributed by atoms with van der Waals surface area (Å²) in [7, 11) is 2.06. The number of pyridine rings is 1. The van der Waals surface area contributed by atoms with Gasteiger partial charge in [-0.2, -0.15) is 0 Å². The standard InChI is InChI=1S/C17H16BrN3/c1-21(11-12-6-8-13(18)9-7-12)17-14-4-2-3-5-16(14)20-10-15(17)19/h2-10H,11,19H2,1H3. The number of fused-ring (bicyclic) bond motifs is 1. The van der Waals surface area contributed by atoms with E-state index in [9.17, 15) is 0 Å². The van der Waals surface area contributed by atoms with Gasteiger partial charge in [-0.1, -0.05) is 46.3 Å². The molecular weight excluding hydrogens is 326 g/mol. The van der Waals surface area contributed by atoms with Gasteiger partial charge < -0.3 is 10.6 Å². The van der Waals surface area contributed by atoms with Crippen molar-refractivity contribution < 1.29 is 0 Å². The second-order valence-electron chi connectivity index (χ2n) is 5.06. The summed E-state index contributed by atoms with van der Waals surface area (Å²) in [5, 5.41) is 1.08. The molecule has 0 saturated carbocycles. The molecule has 0 atom stereocenters. The molecule has 2 N–H and O–H groups in total. The van der Waals surface area contributed by atoms with E-state index in [0.29, 0.717) is 5.69 Å². The lowest BCUT2D eigenvalue weighted by atomic mass is 10.1. The van der Waals surface area contributed by atoms with Gasteiger partial charge in [0.15, 0.2) is 0 Å². The van der Waals surface area contributed by atoms with Crippen LogP contribution in [0.2, 0.25) is 0 Å². The molecule has 21 heavy (non-hydrogen) atoms. The lowest BCUT2D eigenvalue weighted by Crippen LogP contribution is -2.18. The van der Waals surface area contributed by atoms with Crippen LogP contribution in [0.25, 0.3) is 10.9 Å². The highest BCUT2D eigenvalue weighted by Crippen LogP contribution is 2.31. The molecule has 0 aliphatic heterocycles. The summed E-state index contributed by atoms with van der Waals surface area (Å²) < 4.78 is 1.09. The van der Waals surface area contributed by atoms with Crippen molar-refractivity contribution in [1.82, 2.24) is 4.98 Å². The van der Waals surface area contributed by atoms with E-state index in [1.54, 1.807) is 6.20 Å². The highest BCUT2D eigenvalue weighted by Gasteiger charge is 2.11. The van der Waals surface area contributed by atoms with Gasteiger partial charge in [-0.3, -0.25) is 4.98 Å². The van der Waals surface area contributed by atoms with Crippen LogP contribution < -0.4 is 10.6 Å². The number of hydrogen-bond donors (Lipinski definition) is 1. The zero-order chi connectivity index (χ0) is 14.8. The third-order valence-electron chi connectivity index (χ3n) is 3.49. The number of anilines is 2. The van der Waals surface area contributed by atoms with Crippen LogP contribution in [-0.4, -0.2) is 12.0 Å². The summed E-state index contributed by atoms with van der Waals surface area (Å²) in [6.45, 7) is 0.797. The van der Waals surface area contributed by atoms with E-state index in [1.807, 2.05) is 18.2 Å². The summed E-state index contributed by atoms with van der Waals surface area (Å²) >= 11 is 3.46. The molecule has 0 aliphatic rings. The maximum absolute atomic E-state index is 6.15. The molecule has 1 heterocycles. The molecule has 4 heteroatoms. The molecule has 0 amide bonds. The van der Waals surface area contributed by atoms with Crippen LogP contribution in [0.3, 0.4) is 0 Å². The summed E-state index contributed by atoms with van der Waals surface area (Å²) in [4.78, 5) is 6.55. The Morgan fingerprint density at radius 1 is 1.10 bits per heavy atom. The molecule has 106 valence electrons. The number of aromatic nitrogens is 1. The Hall–Kier alpha value is -2.07. The zero-order valence-corrected chi connectivity index (χ0v) is 13.3. The molecule has 0 aliphatic carbocycles. The van der Waals surface area contributed by atoms with Crippen molar-refractivity contribution in [3.8, 4) is 0 Å². The normalized spacial score (nSPS) is 10.8. The molecule has 2 aromatic carbocycles. The fourth-order valence-electron chi connectivity index (χ4n) is 2.51. The molecule has 0 radical (unpaired) electrons. The van der Waals surface area contributed by atoms with E-state index < -0.39 is 0 Å². The van der Waals surface area contributed by atoms with Crippen molar-refractivity contribution in [2.75, 3.05) is 17.7 Å². The van der Waals surface area contributed by atoms with Gasteiger partial charge >= 0.3 is 0 Å². The van der Waals surface area contributed by atoms with Crippen LogP contribution in [0.4, 0.5) is 11.4 Å². The minimum atomic E-state index is 0.702. The number of halogens is 1. The average molecular weight is 342 g/mol. The van der Waals surface area contributed by atoms with Gasteiger partial charge in [0.05, 0.1) is 23.1 Å². The van der Waals surface area contributed by atoms with Crippen molar-refractivity contribution in [3.05, 3.63) is 64.8 Å². The van der Waals surface area contributed by atoms with Gasteiger partial charge in [-0.15, -0.1) is 0 Å². The summed E-state index contributed by atoms with van der Waals surface area (Å²) in [5.41, 5.74) is 10.1. The lowest BCUT2D eigenvalue weighted by molar-refractivity contribution is 0.928. The van der Waals surface area contributed by atoms with E-state index in [1.165, 1.54) is 5.56 Å². The number of nitrogens with two attached hydrogens (primary N) is 1. The van der Waals surface area contributed by atoms with E-state index in [4.69, 9.17) is 5.73 Å². The van der Waals surface area contributed by atoms with Crippen LogP contribution in [0.1, 0.15) is 5.56 Å². The predicted molar refractivity (Wildman–Crippen MR) is 92.4 cm³/mol. The molecule has 0 saturated heterocycles. The molecule has 0 bridgehead atoms. The first kappa shape index (κ1) is 13.9. The van der Waals surface area contributed by atoms with Crippen molar-refractivity contribution in [2.24, 2.45) is 0 Å². The minimum Gasteiger partial charge on any atom is -0.396 e. The SMILES string of the molecule is CN(Cc1ccc(Br)cc1)c1c(N)cnc2ccccc12. The largest absolute Gasteiger partial charge is 0.396 e. The van der Waals surface area contributed by atoms with Crippen LogP contribution in [-0.2, 0) is 6.54 Å². The Morgan fingerprint density at radius 3 is 2.57 bits per heavy atom. The predicted octanol–water partition coefficient (Wildman–Crippen LogP) is 4.22. The third kappa shape index (κ3) is 2.85. The van der Waals surface area contributed by atoms with E-state index in [-0.39, 0.29) is 0 Å². The summed E-state index contributed by atoms with van der Waals surface area (Å²) in [5.74, 6) is 0. The fraction of sp³-hybridized carbons (Fsp3) is 0.118. The summed E-state index contributed by atoms with van der Waals surface area (Å²) in [6.07, 6.45) is 1.73. The Balaban J connectivity index is 1.99. The van der Waals surface area contributed by atoms with E-state index in [2.05, 4.69) is 63.2 Å². The van der Waals surface area contributed by atoms with Crippen LogP contribution in [0.5, 0.6) is 0 Å².